The van der Waals surface area contributed by atoms with Crippen molar-refractivity contribution in [1.29, 1.82) is 0 Å². The second-order valence-corrected chi connectivity index (χ2v) is 31.4. The van der Waals surface area contributed by atoms with Gasteiger partial charge in [-0.3, -0.25) is 0 Å². The average molecular weight is 1530 g/mol. The van der Waals surface area contributed by atoms with Gasteiger partial charge in [-0.25, -0.2) is 0 Å². The van der Waals surface area contributed by atoms with E-state index in [9.17, 15) is 0 Å². The quantitative estimate of drug-likeness (QED) is 0.130. The van der Waals surface area contributed by atoms with Crippen LogP contribution in [0.25, 0.3) is 232 Å². The largest absolute Gasteiger partial charge is 0.456 e. The molecule has 0 atom stereocenters. The van der Waals surface area contributed by atoms with Crippen LogP contribution in [0.1, 0.15) is 0 Å². The minimum atomic E-state index is 0.892. The van der Waals surface area contributed by atoms with Gasteiger partial charge in [0.05, 0.1) is 44.1 Å². The highest BCUT2D eigenvalue weighted by Gasteiger charge is 2.24. The van der Waals surface area contributed by atoms with Gasteiger partial charge in [0.25, 0.3) is 0 Å². The van der Waals surface area contributed by atoms with Gasteiger partial charge >= 0.3 is 0 Å². The summed E-state index contributed by atoms with van der Waals surface area (Å²) < 4.78 is 22.2. The van der Waals surface area contributed by atoms with Crippen LogP contribution >= 0.6 is 0 Å². The zero-order chi connectivity index (χ0) is 78.9. The van der Waals surface area contributed by atoms with E-state index in [1.807, 2.05) is 24.3 Å². The van der Waals surface area contributed by atoms with Gasteiger partial charge in [-0.15, -0.1) is 0 Å². The third kappa shape index (κ3) is 11.3. The second kappa shape index (κ2) is 27.9. The Morgan fingerprint density at radius 2 is 0.425 bits per heavy atom. The Labute approximate surface area is 691 Å². The van der Waals surface area contributed by atoms with Gasteiger partial charge in [0.15, 0.2) is 0 Å². The standard InChI is InChI=1S/C60H38N2O.C54H34N2O/c1-3-14-39(15-4-1)40-26-30-47(31-27-40)61-55-23-10-7-18-49(55)51-32-28-42(38-57(51)61)44-34-43(41-29-33-59-54(37-41)52-20-9-12-25-58(52)63-59)35-45(36-44)48-21-13-22-53-50-19-8-11-24-56(50)62(60(48)53)46-16-5-2-6-17-46;1-3-14-35(15-4-1)37-30-38(32-39(31-37)42-21-13-22-47-44-19-8-11-24-50(44)56(54(42)47)40-16-5-2-6-17-40)36-26-28-45-43-18-7-10-23-49(43)55(51(45)33-36)41-27-29-53-48(34-41)46-20-9-12-25-52(46)57-53/h1-38H;1-34H. The normalized spacial score (nSPS) is 11.8. The first kappa shape index (κ1) is 68.4. The lowest BCUT2D eigenvalue weighted by molar-refractivity contribution is 0.668. The predicted molar refractivity (Wildman–Crippen MR) is 503 cm³/mol. The van der Waals surface area contributed by atoms with Crippen molar-refractivity contribution in [3.8, 4) is 101 Å². The molecular formula is C114H72N4O2. The van der Waals surface area contributed by atoms with Crippen LogP contribution in [0.15, 0.2) is 446 Å². The molecule has 0 spiro atoms. The van der Waals surface area contributed by atoms with E-state index in [0.29, 0.717) is 0 Å². The number of aromatic nitrogens is 4. The molecule has 0 N–H and O–H groups in total. The smallest absolute Gasteiger partial charge is 0.135 e. The van der Waals surface area contributed by atoms with Crippen molar-refractivity contribution in [2.45, 2.75) is 0 Å². The summed E-state index contributed by atoms with van der Waals surface area (Å²) in [5.74, 6) is 0. The van der Waals surface area contributed by atoms with Gasteiger partial charge in [0.2, 0.25) is 0 Å². The van der Waals surface area contributed by atoms with E-state index in [4.69, 9.17) is 8.83 Å². The van der Waals surface area contributed by atoms with Gasteiger partial charge < -0.3 is 27.1 Å². The molecule has 0 unspecified atom stereocenters. The number of nitrogens with zero attached hydrogens (tertiary/aromatic N) is 4. The number of hydrogen-bond donors (Lipinski definition) is 0. The summed E-state index contributed by atoms with van der Waals surface area (Å²) in [5, 5.41) is 14.4. The van der Waals surface area contributed by atoms with E-state index in [1.165, 1.54) is 132 Å². The fourth-order valence-electron chi connectivity index (χ4n) is 19.1. The van der Waals surface area contributed by atoms with E-state index in [1.54, 1.807) is 0 Å². The summed E-state index contributed by atoms with van der Waals surface area (Å²) in [5.41, 5.74) is 34.0. The second-order valence-electron chi connectivity index (χ2n) is 31.4. The zero-order valence-corrected chi connectivity index (χ0v) is 65.2. The molecule has 120 heavy (non-hydrogen) atoms. The number of furan rings is 2. The minimum absolute atomic E-state index is 0.892. The minimum Gasteiger partial charge on any atom is -0.456 e. The molecule has 25 rings (SSSR count). The Balaban J connectivity index is 0.000000137. The van der Waals surface area contributed by atoms with Crippen LogP contribution in [0, 0.1) is 0 Å². The molecule has 6 heteroatoms. The maximum absolute atomic E-state index is 6.30. The van der Waals surface area contributed by atoms with Gasteiger partial charge in [0.1, 0.15) is 22.3 Å². The highest BCUT2D eigenvalue weighted by Crippen LogP contribution is 2.47. The number of rotatable bonds is 11. The molecular weight excluding hydrogens is 1460 g/mol. The number of fused-ring (bicyclic) bond motifs is 18. The first-order valence-corrected chi connectivity index (χ1v) is 41.1. The van der Waals surface area contributed by atoms with E-state index >= 15 is 0 Å². The van der Waals surface area contributed by atoms with Gasteiger partial charge in [0, 0.05) is 98.5 Å². The fourth-order valence-corrected chi connectivity index (χ4v) is 19.1. The van der Waals surface area contributed by atoms with Crippen molar-refractivity contribution in [1.82, 2.24) is 18.3 Å². The van der Waals surface area contributed by atoms with Gasteiger partial charge in [-0.1, -0.05) is 285 Å². The molecule has 19 aromatic carbocycles. The highest BCUT2D eigenvalue weighted by atomic mass is 16.3. The Bertz CT molecular complexity index is 8390. The van der Waals surface area contributed by atoms with Crippen LogP contribution in [-0.4, -0.2) is 18.3 Å². The first-order valence-electron chi connectivity index (χ1n) is 41.1. The fraction of sp³-hybridized carbons (Fsp3) is 0. The molecule has 6 aromatic heterocycles. The maximum Gasteiger partial charge on any atom is 0.135 e. The molecule has 0 fully saturated rings. The van der Waals surface area contributed by atoms with Crippen molar-refractivity contribution in [3.63, 3.8) is 0 Å². The summed E-state index contributed by atoms with van der Waals surface area (Å²) in [4.78, 5) is 0. The molecule has 6 heterocycles. The third-order valence-corrected chi connectivity index (χ3v) is 24.6. The number of hydrogen-bond acceptors (Lipinski definition) is 2. The topological polar surface area (TPSA) is 46.0 Å². The summed E-state index contributed by atoms with van der Waals surface area (Å²) in [7, 11) is 0. The lowest BCUT2D eigenvalue weighted by Gasteiger charge is -2.15. The van der Waals surface area contributed by atoms with E-state index in [2.05, 4.69) is 431 Å². The average Bonchev–Trinajstić information content (AvgIpc) is 1.58. The summed E-state index contributed by atoms with van der Waals surface area (Å²) in [6, 6.07) is 158. The molecule has 0 saturated carbocycles. The number of benzene rings is 19. The maximum atomic E-state index is 6.30. The summed E-state index contributed by atoms with van der Waals surface area (Å²) in [6.07, 6.45) is 0. The third-order valence-electron chi connectivity index (χ3n) is 24.6. The molecule has 560 valence electrons. The van der Waals surface area contributed by atoms with Gasteiger partial charge in [-0.05, 0) is 218 Å². The number of para-hydroxylation sites is 10. The summed E-state index contributed by atoms with van der Waals surface area (Å²) in [6.45, 7) is 0. The SMILES string of the molecule is c1ccc(-c2cc(-c3ccc4c5ccccc5n(-c5ccc6oc7ccccc7c6c5)c4c3)cc(-c3cccc4c5ccccc5n(-c5ccccc5)c34)c2)cc1.c1ccc(-c2ccc(-n3c4ccccc4c4ccc(-c5cc(-c6ccc7oc8ccccc8c7c6)cc(-c6cccc7c8ccccc8n(-c8ccccc8)c67)c5)cc43)cc2)cc1. The van der Waals surface area contributed by atoms with Crippen LogP contribution in [-0.2, 0) is 0 Å². The van der Waals surface area contributed by atoms with E-state index in [-0.39, 0.29) is 0 Å². The first-order chi connectivity index (χ1) is 59.5. The molecule has 0 radical (unpaired) electrons. The monoisotopic (exact) mass is 1530 g/mol. The van der Waals surface area contributed by atoms with E-state index < -0.39 is 0 Å². The Morgan fingerprint density at radius 1 is 0.133 bits per heavy atom. The van der Waals surface area contributed by atoms with Crippen molar-refractivity contribution >= 4 is 131 Å². The highest BCUT2D eigenvalue weighted by molar-refractivity contribution is 6.18. The molecule has 0 aliphatic carbocycles. The van der Waals surface area contributed by atoms with Crippen molar-refractivity contribution in [2.75, 3.05) is 0 Å². The molecule has 25 aromatic rings. The van der Waals surface area contributed by atoms with E-state index in [0.717, 1.165) is 100 Å². The molecule has 0 bridgehead atoms. The van der Waals surface area contributed by atoms with Gasteiger partial charge in [-0.2, -0.15) is 0 Å². The Kier molecular flexibility index (Phi) is 15.9. The molecule has 0 aliphatic heterocycles. The molecule has 0 saturated heterocycles. The molecule has 6 nitrogen and oxygen atoms in total. The molecule has 0 amide bonds. The lowest BCUT2D eigenvalue weighted by Crippen LogP contribution is -1.96. The van der Waals surface area contributed by atoms with Crippen LogP contribution in [0.3, 0.4) is 0 Å². The molecule has 0 aliphatic rings. The predicted octanol–water partition coefficient (Wildman–Crippen LogP) is 31.2. The Hall–Kier alpha value is -16.0. The Morgan fingerprint density at radius 3 is 0.900 bits per heavy atom. The van der Waals surface area contributed by atoms with Crippen LogP contribution < -0.4 is 0 Å². The van der Waals surface area contributed by atoms with Crippen molar-refractivity contribution in [3.05, 3.63) is 437 Å². The van der Waals surface area contributed by atoms with Crippen LogP contribution in [0.2, 0.25) is 0 Å². The lowest BCUT2D eigenvalue weighted by atomic mass is 9.91. The zero-order valence-electron chi connectivity index (χ0n) is 65.2. The van der Waals surface area contributed by atoms with Crippen molar-refractivity contribution < 1.29 is 8.83 Å². The summed E-state index contributed by atoms with van der Waals surface area (Å²) >= 11 is 0. The van der Waals surface area contributed by atoms with Crippen LogP contribution in [0.4, 0.5) is 0 Å². The van der Waals surface area contributed by atoms with Crippen molar-refractivity contribution in [2.24, 2.45) is 0 Å². The van der Waals surface area contributed by atoms with Crippen LogP contribution in [0.5, 0.6) is 0 Å².